The molecule has 1 aliphatic carbocycles. The Morgan fingerprint density at radius 2 is 2.11 bits per heavy atom. The normalized spacial score (nSPS) is 15.6. The zero-order chi connectivity index (χ0) is 13.9. The summed E-state index contributed by atoms with van der Waals surface area (Å²) in [6, 6.07) is 0. The van der Waals surface area contributed by atoms with Crippen molar-refractivity contribution in [1.29, 1.82) is 0 Å². The third-order valence-electron chi connectivity index (χ3n) is 3.15. The first-order valence-corrected chi connectivity index (χ1v) is 7.35. The first-order valence-electron chi connectivity index (χ1n) is 7.35. The van der Waals surface area contributed by atoms with Crippen LogP contribution in [-0.4, -0.2) is 64.5 Å². The fraction of sp³-hybridized carbons (Fsp3) is 0.929. The summed E-state index contributed by atoms with van der Waals surface area (Å²) in [6.45, 7) is 7.06. The Kier molecular flexibility index (Phi) is 8.58. The van der Waals surface area contributed by atoms with Crippen molar-refractivity contribution in [3.63, 3.8) is 0 Å². The molecular weight excluding hydrogens is 242 g/mol. The van der Waals surface area contributed by atoms with Gasteiger partial charge in [0.2, 0.25) is 0 Å². The van der Waals surface area contributed by atoms with Crippen LogP contribution in [0, 0.1) is 5.92 Å². The van der Waals surface area contributed by atoms with Gasteiger partial charge in [0.1, 0.15) is 0 Å². The summed E-state index contributed by atoms with van der Waals surface area (Å²) in [4.78, 5) is 6.37. The Morgan fingerprint density at radius 1 is 1.32 bits per heavy atom. The van der Waals surface area contributed by atoms with Crippen LogP contribution in [0.2, 0.25) is 0 Å². The molecule has 5 heteroatoms. The minimum Gasteiger partial charge on any atom is -0.382 e. The van der Waals surface area contributed by atoms with Crippen molar-refractivity contribution in [1.82, 2.24) is 10.2 Å². The standard InChI is InChI=1S/C14H29N3O2/c1-4-18-10-5-8-16-14(15-2)17(3)9-11-19-12-13-6-7-13/h13H,4-12H2,1-3H3,(H,15,16). The molecule has 0 saturated heterocycles. The van der Waals surface area contributed by atoms with E-state index in [1.807, 2.05) is 21.0 Å². The van der Waals surface area contributed by atoms with Crippen LogP contribution in [-0.2, 0) is 9.47 Å². The molecule has 0 aliphatic heterocycles. The van der Waals surface area contributed by atoms with Crippen molar-refractivity contribution in [3.05, 3.63) is 0 Å². The molecule has 0 aromatic rings. The van der Waals surface area contributed by atoms with E-state index < -0.39 is 0 Å². The van der Waals surface area contributed by atoms with Crippen LogP contribution >= 0.6 is 0 Å². The lowest BCUT2D eigenvalue weighted by molar-refractivity contribution is 0.115. The smallest absolute Gasteiger partial charge is 0.193 e. The van der Waals surface area contributed by atoms with Crippen LogP contribution < -0.4 is 5.32 Å². The van der Waals surface area contributed by atoms with Crippen LogP contribution in [0.1, 0.15) is 26.2 Å². The van der Waals surface area contributed by atoms with Gasteiger partial charge in [0.25, 0.3) is 0 Å². The number of likely N-dealkylation sites (N-methyl/N-ethyl adjacent to an activating group) is 1. The summed E-state index contributed by atoms with van der Waals surface area (Å²) in [7, 11) is 3.85. The second-order valence-corrected chi connectivity index (χ2v) is 4.96. The van der Waals surface area contributed by atoms with Crippen molar-refractivity contribution in [2.24, 2.45) is 10.9 Å². The summed E-state index contributed by atoms with van der Waals surface area (Å²) in [5.74, 6) is 1.76. The molecular formula is C14H29N3O2. The molecule has 0 spiro atoms. The average Bonchev–Trinajstić information content (AvgIpc) is 3.23. The fourth-order valence-corrected chi connectivity index (χ4v) is 1.75. The average molecular weight is 271 g/mol. The first-order chi connectivity index (χ1) is 9.27. The van der Waals surface area contributed by atoms with Crippen LogP contribution in [0.5, 0.6) is 0 Å². The van der Waals surface area contributed by atoms with E-state index in [2.05, 4.69) is 15.2 Å². The molecule has 112 valence electrons. The van der Waals surface area contributed by atoms with Crippen molar-refractivity contribution >= 4 is 5.96 Å². The lowest BCUT2D eigenvalue weighted by atomic mass is 10.4. The lowest BCUT2D eigenvalue weighted by Crippen LogP contribution is -2.41. The van der Waals surface area contributed by atoms with E-state index >= 15 is 0 Å². The summed E-state index contributed by atoms with van der Waals surface area (Å²) < 4.78 is 10.9. The molecule has 0 aromatic heterocycles. The highest BCUT2D eigenvalue weighted by molar-refractivity contribution is 5.79. The van der Waals surface area contributed by atoms with E-state index in [0.717, 1.165) is 57.8 Å². The van der Waals surface area contributed by atoms with Gasteiger partial charge in [0.05, 0.1) is 6.61 Å². The number of ether oxygens (including phenoxy) is 2. The number of nitrogens with zero attached hydrogens (tertiary/aromatic N) is 2. The maximum Gasteiger partial charge on any atom is 0.193 e. The molecule has 1 N–H and O–H groups in total. The van der Waals surface area contributed by atoms with Crippen molar-refractivity contribution in [2.75, 3.05) is 53.6 Å². The third-order valence-corrected chi connectivity index (χ3v) is 3.15. The molecule has 0 bridgehead atoms. The molecule has 0 heterocycles. The van der Waals surface area contributed by atoms with E-state index in [0.29, 0.717) is 0 Å². The van der Waals surface area contributed by atoms with Crippen molar-refractivity contribution < 1.29 is 9.47 Å². The highest BCUT2D eigenvalue weighted by Gasteiger charge is 2.21. The summed E-state index contributed by atoms with van der Waals surface area (Å²) in [5, 5.41) is 3.33. The number of hydrogen-bond donors (Lipinski definition) is 1. The first kappa shape index (κ1) is 16.2. The third kappa shape index (κ3) is 8.06. The van der Waals surface area contributed by atoms with E-state index in [-0.39, 0.29) is 0 Å². The molecule has 5 nitrogen and oxygen atoms in total. The number of hydrogen-bond acceptors (Lipinski definition) is 3. The van der Waals surface area contributed by atoms with Gasteiger partial charge >= 0.3 is 0 Å². The van der Waals surface area contributed by atoms with E-state index in [1.165, 1.54) is 12.8 Å². The largest absolute Gasteiger partial charge is 0.382 e. The summed E-state index contributed by atoms with van der Waals surface area (Å²) in [5.41, 5.74) is 0. The molecule has 0 unspecified atom stereocenters. The van der Waals surface area contributed by atoms with Crippen molar-refractivity contribution in [2.45, 2.75) is 26.2 Å². The predicted octanol–water partition coefficient (Wildman–Crippen LogP) is 1.35. The van der Waals surface area contributed by atoms with Crippen molar-refractivity contribution in [3.8, 4) is 0 Å². The SMILES string of the molecule is CCOCCCNC(=NC)N(C)CCOCC1CC1. The van der Waals surface area contributed by atoms with Gasteiger partial charge < -0.3 is 19.7 Å². The van der Waals surface area contributed by atoms with Crippen LogP contribution in [0.25, 0.3) is 0 Å². The zero-order valence-electron chi connectivity index (χ0n) is 12.7. The topological polar surface area (TPSA) is 46.1 Å². The second kappa shape index (κ2) is 10.0. The molecule has 1 saturated carbocycles. The summed E-state index contributed by atoms with van der Waals surface area (Å²) >= 11 is 0. The number of nitrogens with one attached hydrogen (secondary N) is 1. The second-order valence-electron chi connectivity index (χ2n) is 4.96. The Labute approximate surface area is 117 Å². The minimum atomic E-state index is 0.770. The maximum atomic E-state index is 5.64. The Hall–Kier alpha value is -0.810. The quantitative estimate of drug-likeness (QED) is 0.370. The van der Waals surface area contributed by atoms with Gasteiger partial charge in [0, 0.05) is 47.0 Å². The highest BCUT2D eigenvalue weighted by atomic mass is 16.5. The highest BCUT2D eigenvalue weighted by Crippen LogP contribution is 2.28. The van der Waals surface area contributed by atoms with Crippen LogP contribution in [0.3, 0.4) is 0 Å². The number of guanidine groups is 1. The Bertz CT molecular complexity index is 255. The fourth-order valence-electron chi connectivity index (χ4n) is 1.75. The van der Waals surface area contributed by atoms with E-state index in [9.17, 15) is 0 Å². The van der Waals surface area contributed by atoms with Gasteiger partial charge in [0.15, 0.2) is 5.96 Å². The molecule has 0 amide bonds. The molecule has 0 aromatic carbocycles. The van der Waals surface area contributed by atoms with Gasteiger partial charge in [-0.15, -0.1) is 0 Å². The number of aliphatic imine (C=N–C) groups is 1. The number of rotatable bonds is 10. The maximum absolute atomic E-state index is 5.64. The predicted molar refractivity (Wildman–Crippen MR) is 78.6 cm³/mol. The Balaban J connectivity index is 2.03. The zero-order valence-corrected chi connectivity index (χ0v) is 12.7. The van der Waals surface area contributed by atoms with Gasteiger partial charge in [-0.05, 0) is 32.1 Å². The monoisotopic (exact) mass is 271 g/mol. The molecule has 1 rings (SSSR count). The Morgan fingerprint density at radius 3 is 2.74 bits per heavy atom. The van der Waals surface area contributed by atoms with Crippen LogP contribution in [0.4, 0.5) is 0 Å². The van der Waals surface area contributed by atoms with Gasteiger partial charge in [-0.2, -0.15) is 0 Å². The minimum absolute atomic E-state index is 0.770. The molecule has 19 heavy (non-hydrogen) atoms. The van der Waals surface area contributed by atoms with E-state index in [4.69, 9.17) is 9.47 Å². The molecule has 0 radical (unpaired) electrons. The molecule has 0 atom stereocenters. The van der Waals surface area contributed by atoms with Crippen LogP contribution in [0.15, 0.2) is 4.99 Å². The molecule has 1 fully saturated rings. The van der Waals surface area contributed by atoms with Gasteiger partial charge in [-0.3, -0.25) is 4.99 Å². The lowest BCUT2D eigenvalue weighted by Gasteiger charge is -2.22. The van der Waals surface area contributed by atoms with E-state index in [1.54, 1.807) is 0 Å². The summed E-state index contributed by atoms with van der Waals surface area (Å²) in [6.07, 6.45) is 3.69. The van der Waals surface area contributed by atoms with Gasteiger partial charge in [-0.1, -0.05) is 0 Å². The van der Waals surface area contributed by atoms with Gasteiger partial charge in [-0.25, -0.2) is 0 Å². The molecule has 1 aliphatic rings.